The predicted octanol–water partition coefficient (Wildman–Crippen LogP) is -0.810. The Labute approximate surface area is 270 Å². The van der Waals surface area contributed by atoms with Crippen LogP contribution in [0.4, 0.5) is 5.13 Å². The van der Waals surface area contributed by atoms with Crippen molar-refractivity contribution in [3.05, 3.63) is 39.9 Å². The average molecular weight is 692 g/mol. The maximum absolute atomic E-state index is 13.4. The number of aromatic carboxylic acids is 1. The van der Waals surface area contributed by atoms with Gasteiger partial charge in [-0.25, -0.2) is 25.4 Å². The fourth-order valence-electron chi connectivity index (χ4n) is 4.29. The SMILES string of the molecule is Cc1cc(SCC2=C(C(=O)O)N3C(=O)C(NC(=O)C(=NOC(C)(C)C(=O)NN)c4csc(N)n4)[C@H]3SC2)n2nc(C(=O)O)nc2n1. The van der Waals surface area contributed by atoms with Crippen molar-refractivity contribution in [2.24, 2.45) is 11.0 Å². The monoisotopic (exact) mass is 691 g/mol. The third-order valence-electron chi connectivity index (χ3n) is 6.55. The summed E-state index contributed by atoms with van der Waals surface area (Å²) in [5, 5.41) is 31.0. The van der Waals surface area contributed by atoms with Gasteiger partial charge in [-0.2, -0.15) is 9.50 Å². The zero-order valence-corrected chi connectivity index (χ0v) is 26.5. The van der Waals surface area contributed by atoms with E-state index in [9.17, 15) is 34.2 Å². The highest BCUT2D eigenvalue weighted by Gasteiger charge is 2.54. The molecule has 22 heteroatoms. The number of oxime groups is 1. The van der Waals surface area contributed by atoms with Gasteiger partial charge in [-0.05, 0) is 32.4 Å². The molecule has 8 N–H and O–H groups in total. The third-order valence-corrected chi connectivity index (χ3v) is 9.65. The van der Waals surface area contributed by atoms with Gasteiger partial charge in [0.25, 0.3) is 29.3 Å². The molecule has 3 aromatic heterocycles. The number of nitrogens with zero attached hydrogens (tertiary/aromatic N) is 7. The summed E-state index contributed by atoms with van der Waals surface area (Å²) in [6, 6.07) is 0.537. The van der Waals surface area contributed by atoms with Crippen LogP contribution in [0.1, 0.15) is 35.9 Å². The second-order valence-electron chi connectivity index (χ2n) is 10.2. The first kappa shape index (κ1) is 32.6. The molecule has 0 aromatic carbocycles. The van der Waals surface area contributed by atoms with Crippen molar-refractivity contribution in [1.82, 2.24) is 40.2 Å². The number of thiazole rings is 1. The van der Waals surface area contributed by atoms with E-state index >= 15 is 0 Å². The third kappa shape index (κ3) is 6.18. The number of nitrogen functional groups attached to an aromatic ring is 1. The lowest BCUT2D eigenvalue weighted by molar-refractivity contribution is -0.150. The summed E-state index contributed by atoms with van der Waals surface area (Å²) in [6.45, 7) is 4.42. The Kier molecular flexibility index (Phi) is 8.88. The number of hydrogen-bond donors (Lipinski definition) is 6. The minimum Gasteiger partial charge on any atom is -0.477 e. The van der Waals surface area contributed by atoms with Crippen molar-refractivity contribution in [3.63, 3.8) is 0 Å². The molecule has 1 unspecified atom stereocenters. The smallest absolute Gasteiger partial charge is 0.375 e. The molecular weight excluding hydrogens is 667 g/mol. The molecule has 19 nitrogen and oxygen atoms in total. The lowest BCUT2D eigenvalue weighted by Crippen LogP contribution is -2.71. The number of aliphatic carboxylic acids is 1. The van der Waals surface area contributed by atoms with Crippen molar-refractivity contribution < 1.29 is 39.0 Å². The number of hydrazine groups is 1. The molecular formula is C24H25N11O8S3. The molecule has 1 saturated heterocycles. The highest BCUT2D eigenvalue weighted by Crippen LogP contribution is 2.41. The fourth-order valence-corrected chi connectivity index (χ4v) is 7.37. The Bertz CT molecular complexity index is 1850. The zero-order valence-electron chi connectivity index (χ0n) is 24.1. The normalized spacial score (nSPS) is 18.2. The van der Waals surface area contributed by atoms with Crippen LogP contribution in [0.3, 0.4) is 0 Å². The maximum atomic E-state index is 13.4. The average Bonchev–Trinajstić information content (AvgIpc) is 3.64. The zero-order chi connectivity index (χ0) is 33.5. The molecule has 0 aliphatic carbocycles. The van der Waals surface area contributed by atoms with Gasteiger partial charge in [0.05, 0.1) is 0 Å². The predicted molar refractivity (Wildman–Crippen MR) is 163 cm³/mol. The molecule has 5 heterocycles. The van der Waals surface area contributed by atoms with Gasteiger partial charge in [0.2, 0.25) is 5.60 Å². The molecule has 3 aromatic rings. The number of thioether (sulfide) groups is 2. The summed E-state index contributed by atoms with van der Waals surface area (Å²) in [4.78, 5) is 80.9. The molecule has 0 bridgehead atoms. The Hall–Kier alpha value is -4.80. The Balaban J connectivity index is 1.35. The second-order valence-corrected chi connectivity index (χ2v) is 13.2. The highest BCUT2D eigenvalue weighted by atomic mass is 32.2. The van der Waals surface area contributed by atoms with Crippen LogP contribution in [0.15, 0.2) is 32.9 Å². The van der Waals surface area contributed by atoms with E-state index in [0.29, 0.717) is 16.3 Å². The lowest BCUT2D eigenvalue weighted by atomic mass is 10.0. The van der Waals surface area contributed by atoms with Crippen LogP contribution in [-0.4, -0.2) is 104 Å². The number of carboxylic acid groups (broad SMARTS) is 2. The highest BCUT2D eigenvalue weighted by molar-refractivity contribution is 8.01. The van der Waals surface area contributed by atoms with Crippen LogP contribution in [0.2, 0.25) is 0 Å². The number of amides is 3. The van der Waals surface area contributed by atoms with Crippen LogP contribution in [0, 0.1) is 6.92 Å². The number of hydrogen-bond acceptors (Lipinski definition) is 16. The number of rotatable bonds is 11. The van der Waals surface area contributed by atoms with Crippen LogP contribution >= 0.6 is 34.9 Å². The van der Waals surface area contributed by atoms with E-state index in [1.165, 1.54) is 47.3 Å². The summed E-state index contributed by atoms with van der Waals surface area (Å²) in [5.74, 6) is 0.202. The van der Waals surface area contributed by atoms with Gasteiger partial charge in [0.15, 0.2) is 10.8 Å². The van der Waals surface area contributed by atoms with Gasteiger partial charge >= 0.3 is 11.9 Å². The summed E-state index contributed by atoms with van der Waals surface area (Å²) in [6.07, 6.45) is 0. The number of carbonyl (C=O) groups excluding carboxylic acids is 3. The molecule has 5 rings (SSSR count). The quantitative estimate of drug-likeness (QED) is 0.0273. The fraction of sp³-hybridized carbons (Fsp3) is 0.333. The summed E-state index contributed by atoms with van der Waals surface area (Å²) in [5.41, 5.74) is 6.47. The number of β-lactam (4-membered cyclic amide) rings is 1. The topological polar surface area (TPSA) is 283 Å². The Morgan fingerprint density at radius 2 is 1.96 bits per heavy atom. The molecule has 3 amide bonds. The van der Waals surface area contributed by atoms with E-state index in [2.05, 4.69) is 30.5 Å². The molecule has 2 atom stereocenters. The minimum atomic E-state index is -1.58. The Morgan fingerprint density at radius 1 is 1.22 bits per heavy atom. The van der Waals surface area contributed by atoms with E-state index in [4.69, 9.17) is 16.4 Å². The second kappa shape index (κ2) is 12.5. The number of carbonyl (C=O) groups is 5. The number of anilines is 1. The van der Waals surface area contributed by atoms with E-state index in [1.54, 1.807) is 13.0 Å². The molecule has 46 heavy (non-hydrogen) atoms. The van der Waals surface area contributed by atoms with Gasteiger partial charge in [0.1, 0.15) is 27.8 Å². The number of aryl methyl sites for hydroxylation is 1. The molecule has 2 aliphatic heterocycles. The lowest BCUT2D eigenvalue weighted by Gasteiger charge is -2.49. The molecule has 0 spiro atoms. The summed E-state index contributed by atoms with van der Waals surface area (Å²) < 4.78 is 1.25. The summed E-state index contributed by atoms with van der Waals surface area (Å²) >= 11 is 3.44. The summed E-state index contributed by atoms with van der Waals surface area (Å²) in [7, 11) is 0. The number of nitrogens with one attached hydrogen (secondary N) is 2. The van der Waals surface area contributed by atoms with E-state index in [1.807, 2.05) is 5.43 Å². The standard InChI is InChI=1S/C24H25N11O8S3/c1-8-4-11(35-23(27-8)30-15(32-35)20(40)41)44-5-9-6-45-18-13(17(37)34(18)14(9)19(38)39)29-16(36)12(10-7-46-22(25)28-10)33-43-24(2,3)21(42)31-26/h4,7,13,18H,5-6,26H2,1-3H3,(H2,25,28)(H,29,36)(H,31,42)(H,38,39)(H,40,41)/t13?,18-/m1/s1. The van der Waals surface area contributed by atoms with Crippen LogP contribution < -0.4 is 22.3 Å². The maximum Gasteiger partial charge on any atom is 0.375 e. The van der Waals surface area contributed by atoms with Crippen molar-refractivity contribution in [3.8, 4) is 0 Å². The Morgan fingerprint density at radius 3 is 2.59 bits per heavy atom. The van der Waals surface area contributed by atoms with Crippen LogP contribution in [0.25, 0.3) is 5.78 Å². The van der Waals surface area contributed by atoms with Gasteiger partial charge in [-0.15, -0.1) is 40.0 Å². The van der Waals surface area contributed by atoms with Crippen molar-refractivity contribution in [1.29, 1.82) is 0 Å². The van der Waals surface area contributed by atoms with Gasteiger partial charge in [-0.1, -0.05) is 5.16 Å². The molecule has 2 aliphatic rings. The first-order valence-corrected chi connectivity index (χ1v) is 15.9. The van der Waals surface area contributed by atoms with E-state index in [0.717, 1.165) is 16.2 Å². The van der Waals surface area contributed by atoms with E-state index < -0.39 is 52.5 Å². The van der Waals surface area contributed by atoms with E-state index in [-0.39, 0.29) is 39.5 Å². The first-order valence-electron chi connectivity index (χ1n) is 13.0. The molecule has 242 valence electrons. The van der Waals surface area contributed by atoms with Gasteiger partial charge in [0, 0.05) is 22.6 Å². The molecule has 0 saturated carbocycles. The molecule has 1 fully saturated rings. The number of nitrogens with two attached hydrogens (primary N) is 2. The van der Waals surface area contributed by atoms with Crippen molar-refractivity contribution in [2.45, 2.75) is 42.8 Å². The van der Waals surface area contributed by atoms with Crippen LogP contribution in [0.5, 0.6) is 0 Å². The number of aromatic nitrogens is 5. The minimum absolute atomic E-state index is 0.0256. The van der Waals surface area contributed by atoms with Gasteiger partial charge < -0.3 is 26.1 Å². The molecule has 0 radical (unpaired) electrons. The van der Waals surface area contributed by atoms with Crippen molar-refractivity contribution >= 4 is 81.1 Å². The van der Waals surface area contributed by atoms with Crippen molar-refractivity contribution in [2.75, 3.05) is 17.2 Å². The van der Waals surface area contributed by atoms with Gasteiger partial charge in [-0.3, -0.25) is 24.7 Å². The van der Waals surface area contributed by atoms with Crippen LogP contribution in [-0.2, 0) is 24.0 Å². The number of fused-ring (bicyclic) bond motifs is 2. The number of carboxylic acids is 2. The largest absolute Gasteiger partial charge is 0.477 e. The first-order chi connectivity index (χ1) is 21.7.